The topological polar surface area (TPSA) is 60.8 Å². The molecule has 2 aliphatic heterocycles. The molecule has 0 unspecified atom stereocenters. The zero-order chi connectivity index (χ0) is 20.0. The Morgan fingerprint density at radius 2 is 1.83 bits per heavy atom. The van der Waals surface area contributed by atoms with Gasteiger partial charge in [-0.3, -0.25) is 14.2 Å². The summed E-state index contributed by atoms with van der Waals surface area (Å²) in [6.07, 6.45) is 6.22. The average molecular weight is 394 g/mol. The minimum Gasteiger partial charge on any atom is -0.347 e. The number of carbonyl (C=O) groups excluding carboxylic acids is 1. The highest BCUT2D eigenvalue weighted by atomic mass is 16.7. The van der Waals surface area contributed by atoms with Crippen molar-refractivity contribution >= 4 is 5.91 Å². The lowest BCUT2D eigenvalue weighted by Gasteiger charge is -2.37. The Bertz CT molecular complexity index is 1010. The lowest BCUT2D eigenvalue weighted by atomic mass is 10.0. The van der Waals surface area contributed by atoms with Gasteiger partial charge in [0.2, 0.25) is 0 Å². The maximum atomic E-state index is 13.4. The molecular weight excluding hydrogens is 368 g/mol. The van der Waals surface area contributed by atoms with Crippen molar-refractivity contribution in [1.29, 1.82) is 0 Å². The van der Waals surface area contributed by atoms with Crippen LogP contribution in [0.5, 0.6) is 0 Å². The van der Waals surface area contributed by atoms with Crippen molar-refractivity contribution in [2.45, 2.75) is 44.8 Å². The Kier molecular flexibility index (Phi) is 4.56. The highest BCUT2D eigenvalue weighted by Gasteiger charge is 2.41. The molecule has 1 amide bonds. The van der Waals surface area contributed by atoms with Crippen molar-refractivity contribution in [3.05, 3.63) is 63.1 Å². The fraction of sp³-hybridized carbons (Fsp3) is 0.478. The van der Waals surface area contributed by atoms with Crippen LogP contribution in [-0.2, 0) is 22.3 Å². The fourth-order valence-electron chi connectivity index (χ4n) is 4.90. The third kappa shape index (κ3) is 3.11. The summed E-state index contributed by atoms with van der Waals surface area (Å²) in [6.45, 7) is 4.12. The van der Waals surface area contributed by atoms with Crippen molar-refractivity contribution in [2.24, 2.45) is 0 Å². The monoisotopic (exact) mass is 394 g/mol. The predicted molar refractivity (Wildman–Crippen MR) is 109 cm³/mol. The molecule has 1 spiro atoms. The number of likely N-dealkylation sites (tertiary alicyclic amines) is 1. The maximum Gasteiger partial charge on any atom is 0.268 e. The fourth-order valence-corrected chi connectivity index (χ4v) is 4.90. The molecule has 29 heavy (non-hydrogen) atoms. The average Bonchev–Trinajstić information content (AvgIpc) is 3.38. The molecule has 2 saturated heterocycles. The van der Waals surface area contributed by atoms with E-state index in [9.17, 15) is 9.59 Å². The molecule has 3 heterocycles. The van der Waals surface area contributed by atoms with E-state index in [0.29, 0.717) is 39.1 Å². The van der Waals surface area contributed by atoms with Crippen molar-refractivity contribution in [3.8, 4) is 5.69 Å². The maximum absolute atomic E-state index is 13.4. The quantitative estimate of drug-likeness (QED) is 0.786. The van der Waals surface area contributed by atoms with Crippen LogP contribution in [0.25, 0.3) is 5.69 Å². The molecule has 3 aliphatic rings. The van der Waals surface area contributed by atoms with Crippen molar-refractivity contribution < 1.29 is 14.3 Å². The molecule has 0 N–H and O–H groups in total. The number of aryl methyl sites for hydroxylation is 2. The second-order valence-corrected chi connectivity index (χ2v) is 8.22. The Morgan fingerprint density at radius 3 is 2.59 bits per heavy atom. The van der Waals surface area contributed by atoms with Gasteiger partial charge < -0.3 is 14.4 Å². The Balaban J connectivity index is 1.47. The van der Waals surface area contributed by atoms with Gasteiger partial charge >= 0.3 is 0 Å². The van der Waals surface area contributed by atoms with E-state index < -0.39 is 5.79 Å². The first kappa shape index (κ1) is 18.6. The highest BCUT2D eigenvalue weighted by Crippen LogP contribution is 2.32. The minimum atomic E-state index is -0.534. The van der Waals surface area contributed by atoms with Gasteiger partial charge in [0, 0.05) is 32.1 Å². The van der Waals surface area contributed by atoms with Gasteiger partial charge in [0.05, 0.1) is 18.9 Å². The lowest BCUT2D eigenvalue weighted by molar-refractivity contribution is -0.181. The largest absolute Gasteiger partial charge is 0.347 e. The van der Waals surface area contributed by atoms with E-state index in [-0.39, 0.29) is 17.0 Å². The molecule has 152 valence electrons. The molecule has 0 saturated carbocycles. The second-order valence-electron chi connectivity index (χ2n) is 8.22. The Morgan fingerprint density at radius 1 is 1.07 bits per heavy atom. The first-order valence-corrected chi connectivity index (χ1v) is 10.5. The van der Waals surface area contributed by atoms with Gasteiger partial charge in [-0.2, -0.15) is 0 Å². The van der Waals surface area contributed by atoms with Gasteiger partial charge in [0.15, 0.2) is 5.79 Å². The summed E-state index contributed by atoms with van der Waals surface area (Å²) in [5.41, 5.74) is 4.20. The van der Waals surface area contributed by atoms with E-state index in [0.717, 1.165) is 30.5 Å². The molecule has 6 heteroatoms. The first-order valence-electron chi connectivity index (χ1n) is 10.5. The summed E-state index contributed by atoms with van der Waals surface area (Å²) in [5.74, 6) is -0.727. The number of hydrogen-bond acceptors (Lipinski definition) is 4. The summed E-state index contributed by atoms with van der Waals surface area (Å²) in [5, 5.41) is 0. The molecule has 2 aromatic rings. The third-order valence-corrected chi connectivity index (χ3v) is 6.52. The number of rotatable bonds is 2. The number of piperidine rings is 1. The van der Waals surface area contributed by atoms with Gasteiger partial charge in [-0.15, -0.1) is 0 Å². The standard InChI is InChI=1S/C23H26N2O4/c1-16-8-11-25(19-7-3-5-17-4-2-6-18(17)19)22(27)20(16)21(26)24-12-9-23(10-13-24)28-14-15-29-23/h3,5,7-8,11H,2,4,6,9-10,12-15H2,1H3. The van der Waals surface area contributed by atoms with Crippen LogP contribution in [0.15, 0.2) is 35.3 Å². The summed E-state index contributed by atoms with van der Waals surface area (Å²) in [4.78, 5) is 28.4. The number of pyridine rings is 1. The van der Waals surface area contributed by atoms with Gasteiger partial charge in [0.25, 0.3) is 11.5 Å². The molecule has 0 bridgehead atoms. The number of carbonyl (C=O) groups is 1. The van der Waals surface area contributed by atoms with E-state index in [1.165, 1.54) is 11.1 Å². The van der Waals surface area contributed by atoms with Gasteiger partial charge in [-0.05, 0) is 55.0 Å². The van der Waals surface area contributed by atoms with Crippen LogP contribution >= 0.6 is 0 Å². The van der Waals surface area contributed by atoms with Gasteiger partial charge in [-0.1, -0.05) is 12.1 Å². The number of hydrogen-bond donors (Lipinski definition) is 0. The molecule has 0 atom stereocenters. The lowest BCUT2D eigenvalue weighted by Crippen LogP contribution is -2.48. The van der Waals surface area contributed by atoms with Crippen LogP contribution in [0.2, 0.25) is 0 Å². The number of benzene rings is 1. The predicted octanol–water partition coefficient (Wildman–Crippen LogP) is 2.61. The summed E-state index contributed by atoms with van der Waals surface area (Å²) in [6, 6.07) is 7.99. The van der Waals surface area contributed by atoms with Crippen LogP contribution < -0.4 is 5.56 Å². The third-order valence-electron chi connectivity index (χ3n) is 6.52. The molecule has 1 aromatic carbocycles. The second kappa shape index (κ2) is 7.11. The van der Waals surface area contributed by atoms with Crippen LogP contribution in [-0.4, -0.2) is 47.5 Å². The normalized spacial score (nSPS) is 20.2. The zero-order valence-corrected chi connectivity index (χ0v) is 16.8. The van der Waals surface area contributed by atoms with Gasteiger partial charge in [0.1, 0.15) is 5.56 Å². The van der Waals surface area contributed by atoms with Crippen LogP contribution in [0.1, 0.15) is 46.3 Å². The molecule has 5 rings (SSSR count). The van der Waals surface area contributed by atoms with Crippen LogP contribution in [0.3, 0.4) is 0 Å². The number of nitrogens with zero attached hydrogens (tertiary/aromatic N) is 2. The van der Waals surface area contributed by atoms with E-state index >= 15 is 0 Å². The first-order chi connectivity index (χ1) is 14.1. The number of fused-ring (bicyclic) bond motifs is 1. The summed E-state index contributed by atoms with van der Waals surface area (Å²) < 4.78 is 13.2. The summed E-state index contributed by atoms with van der Waals surface area (Å²) in [7, 11) is 0. The van der Waals surface area contributed by atoms with E-state index in [1.54, 1.807) is 15.7 Å². The number of aromatic nitrogens is 1. The minimum absolute atomic E-state index is 0.192. The SMILES string of the molecule is Cc1ccn(-c2cccc3c2CCC3)c(=O)c1C(=O)N1CCC2(CC1)OCCO2. The van der Waals surface area contributed by atoms with Gasteiger partial charge in [-0.25, -0.2) is 0 Å². The molecule has 2 fully saturated rings. The highest BCUT2D eigenvalue weighted by molar-refractivity contribution is 5.95. The molecule has 6 nitrogen and oxygen atoms in total. The Hall–Kier alpha value is -2.44. The van der Waals surface area contributed by atoms with E-state index in [1.807, 2.05) is 25.1 Å². The number of amides is 1. The molecular formula is C23H26N2O4. The molecule has 1 aromatic heterocycles. The van der Waals surface area contributed by atoms with Crippen LogP contribution in [0, 0.1) is 6.92 Å². The van der Waals surface area contributed by atoms with Crippen LogP contribution in [0.4, 0.5) is 0 Å². The smallest absolute Gasteiger partial charge is 0.268 e. The zero-order valence-electron chi connectivity index (χ0n) is 16.8. The van der Waals surface area contributed by atoms with Crippen molar-refractivity contribution in [3.63, 3.8) is 0 Å². The van der Waals surface area contributed by atoms with E-state index in [2.05, 4.69) is 6.07 Å². The number of ether oxygens (including phenoxy) is 2. The molecule has 0 radical (unpaired) electrons. The van der Waals surface area contributed by atoms with E-state index in [4.69, 9.17) is 9.47 Å². The van der Waals surface area contributed by atoms with Crippen molar-refractivity contribution in [1.82, 2.24) is 9.47 Å². The molecule has 1 aliphatic carbocycles. The van der Waals surface area contributed by atoms with Crippen molar-refractivity contribution in [2.75, 3.05) is 26.3 Å². The Labute approximate surface area is 170 Å². The summed E-state index contributed by atoms with van der Waals surface area (Å²) >= 11 is 0.